The van der Waals surface area contributed by atoms with Gasteiger partial charge in [0.15, 0.2) is 5.69 Å². The lowest BCUT2D eigenvalue weighted by Gasteiger charge is -2.06. The molecule has 0 aliphatic heterocycles. The first-order valence-corrected chi connectivity index (χ1v) is 13.7. The summed E-state index contributed by atoms with van der Waals surface area (Å²) in [6, 6.07) is 19.1. The van der Waals surface area contributed by atoms with Gasteiger partial charge in [0.05, 0.1) is 40.0 Å². The quantitative estimate of drug-likeness (QED) is 0.0594. The molecule has 0 fully saturated rings. The van der Waals surface area contributed by atoms with E-state index < -0.39 is 20.6 Å². The monoisotopic (exact) mass is 591 g/mol. The number of hydrogen-bond acceptors (Lipinski definition) is 12. The molecule has 14 nitrogen and oxygen atoms in total. The number of azo groups is 2. The number of nitrogens with zero attached hydrogens (tertiary/aromatic N) is 6. The van der Waals surface area contributed by atoms with E-state index in [0.29, 0.717) is 27.3 Å². The number of nitriles is 1. The number of aromatic nitrogens is 2. The van der Waals surface area contributed by atoms with Crippen molar-refractivity contribution in [3.05, 3.63) is 88.2 Å². The second-order valence-electron chi connectivity index (χ2n) is 8.34. The van der Waals surface area contributed by atoms with Gasteiger partial charge < -0.3 is 4.98 Å². The van der Waals surface area contributed by atoms with Gasteiger partial charge >= 0.3 is 0 Å². The van der Waals surface area contributed by atoms with Crippen LogP contribution in [0.25, 0.3) is 16.7 Å². The van der Waals surface area contributed by atoms with E-state index in [-0.39, 0.29) is 28.2 Å². The van der Waals surface area contributed by atoms with Crippen LogP contribution in [0.2, 0.25) is 0 Å². The van der Waals surface area contributed by atoms with Crippen LogP contribution in [0.4, 0.5) is 22.7 Å². The first-order chi connectivity index (χ1) is 19.7. The van der Waals surface area contributed by atoms with Gasteiger partial charge in [0.2, 0.25) is 0 Å². The number of para-hydroxylation sites is 2. The van der Waals surface area contributed by atoms with Crippen LogP contribution in [0.3, 0.4) is 0 Å². The van der Waals surface area contributed by atoms with Gasteiger partial charge in [-0.05, 0) is 61.5 Å². The summed E-state index contributed by atoms with van der Waals surface area (Å²) in [7, 11) is -4.79. The molecule has 41 heavy (non-hydrogen) atoms. The van der Waals surface area contributed by atoms with Crippen molar-refractivity contribution in [2.45, 2.75) is 16.7 Å². The third-order valence-corrected chi connectivity index (χ3v) is 7.34. The summed E-state index contributed by atoms with van der Waals surface area (Å²) in [5, 5.41) is 37.5. The second-order valence-corrected chi connectivity index (χ2v) is 10.5. The van der Waals surface area contributed by atoms with Gasteiger partial charge in [0.1, 0.15) is 22.3 Å². The number of imidazole rings is 1. The predicted octanol–water partition coefficient (Wildman–Crippen LogP) is 6.47. The van der Waals surface area contributed by atoms with E-state index >= 15 is 0 Å². The molecule has 0 bridgehead atoms. The molecular weight excluding hydrogens is 574 g/mol. The Labute approximate surface area is 235 Å². The smallest absolute Gasteiger partial charge is 0.296 e. The molecule has 0 unspecified atom stereocenters. The fraction of sp³-hybridized carbons (Fsp3) is 0.0400. The molecule has 0 saturated heterocycles. The highest BCUT2D eigenvalue weighted by Gasteiger charge is 2.20. The van der Waals surface area contributed by atoms with Crippen LogP contribution >= 0.6 is 12.0 Å². The number of benzene rings is 3. The molecular formula is C25H17N7O7S2. The first kappa shape index (κ1) is 27.8. The molecule has 5 rings (SSSR count). The minimum atomic E-state index is -4.79. The molecule has 2 heterocycles. The van der Waals surface area contributed by atoms with Crippen LogP contribution in [0.5, 0.6) is 0 Å². The molecule has 5 aromatic rings. The fourth-order valence-electron chi connectivity index (χ4n) is 3.98. The Bertz CT molecular complexity index is 2060. The molecule has 16 heteroatoms. The van der Waals surface area contributed by atoms with Gasteiger partial charge in [-0.2, -0.15) is 23.9 Å². The van der Waals surface area contributed by atoms with Gasteiger partial charge in [-0.3, -0.25) is 13.7 Å². The lowest BCUT2D eigenvalue weighted by atomic mass is 10.1. The van der Waals surface area contributed by atoms with Gasteiger partial charge in [-0.1, -0.05) is 17.2 Å². The summed E-state index contributed by atoms with van der Waals surface area (Å²) in [5.41, 5.74) is 1.34. The van der Waals surface area contributed by atoms with Gasteiger partial charge in [0.25, 0.3) is 15.7 Å². The van der Waals surface area contributed by atoms with Gasteiger partial charge in [-0.25, -0.2) is 5.26 Å². The van der Waals surface area contributed by atoms with Crippen LogP contribution in [0.15, 0.2) is 102 Å². The highest BCUT2D eigenvalue weighted by atomic mass is 32.2. The van der Waals surface area contributed by atoms with Crippen molar-refractivity contribution in [2.75, 3.05) is 0 Å². The van der Waals surface area contributed by atoms with E-state index in [1.807, 2.05) is 0 Å². The standard InChI is InChI=1S/C25H17N7O7S2/c1-14-18(13-26)24-27-19-4-2-3-5-21(19)32(24)25(33)23(14)31-30-20-11-8-16(12-22(20)41(35,36)37)29-28-15-6-9-17(10-7-15)40-39-38-34/h2-12,27,34H,1H3,(H,35,36,37). The molecule has 0 saturated carbocycles. The maximum Gasteiger partial charge on any atom is 0.296 e. The Hall–Kier alpha value is -4.76. The molecule has 0 radical (unpaired) electrons. The molecule has 0 aliphatic rings. The topological polar surface area (TPSA) is 204 Å². The summed E-state index contributed by atoms with van der Waals surface area (Å²) in [4.78, 5) is 16.5. The number of H-pyrrole nitrogens is 1. The minimum Gasteiger partial charge on any atom is -0.338 e. The third-order valence-electron chi connectivity index (χ3n) is 5.86. The average molecular weight is 592 g/mol. The number of pyridine rings is 1. The Kier molecular flexibility index (Phi) is 7.72. The van der Waals surface area contributed by atoms with Crippen LogP contribution < -0.4 is 5.56 Å². The predicted molar refractivity (Wildman–Crippen MR) is 147 cm³/mol. The summed E-state index contributed by atoms with van der Waals surface area (Å²) in [6.45, 7) is 1.53. The van der Waals surface area contributed by atoms with E-state index in [4.69, 9.17) is 5.26 Å². The highest BCUT2D eigenvalue weighted by molar-refractivity contribution is 7.94. The number of nitrogens with one attached hydrogen (secondary N) is 1. The minimum absolute atomic E-state index is 0.0790. The molecule has 0 aliphatic carbocycles. The van der Waals surface area contributed by atoms with Crippen molar-refractivity contribution >= 4 is 61.6 Å². The van der Waals surface area contributed by atoms with Crippen LogP contribution in [-0.4, -0.2) is 27.6 Å². The van der Waals surface area contributed by atoms with Crippen LogP contribution in [-0.2, 0) is 19.5 Å². The maximum atomic E-state index is 13.4. The Balaban J connectivity index is 1.52. The Morgan fingerprint density at radius 1 is 1.00 bits per heavy atom. The largest absolute Gasteiger partial charge is 0.338 e. The third kappa shape index (κ3) is 5.62. The second kappa shape index (κ2) is 11.4. The van der Waals surface area contributed by atoms with Gasteiger partial charge in [0, 0.05) is 10.5 Å². The average Bonchev–Trinajstić information content (AvgIpc) is 3.35. The molecule has 2 aromatic heterocycles. The summed E-state index contributed by atoms with van der Waals surface area (Å²) in [5.74, 6) is 0. The number of fused-ring (bicyclic) bond motifs is 3. The summed E-state index contributed by atoms with van der Waals surface area (Å²) in [6.07, 6.45) is 0. The SMILES string of the molecule is Cc1c(N=Nc2ccc(N=Nc3ccc(SOOO)cc3)cc2S(=O)(=O)O)c(=O)n2c([nH]c3ccccc32)c1C#N. The normalized spacial score (nSPS) is 12.1. The number of rotatable bonds is 8. The molecule has 0 amide bonds. The fourth-order valence-corrected chi connectivity index (χ4v) is 4.98. The van der Waals surface area contributed by atoms with Gasteiger partial charge in [-0.15, -0.1) is 14.6 Å². The molecule has 0 spiro atoms. The van der Waals surface area contributed by atoms with Crippen molar-refractivity contribution in [3.63, 3.8) is 0 Å². The maximum absolute atomic E-state index is 13.4. The zero-order valence-electron chi connectivity index (χ0n) is 20.8. The van der Waals surface area contributed by atoms with Crippen molar-refractivity contribution in [1.82, 2.24) is 9.38 Å². The van der Waals surface area contributed by atoms with E-state index in [1.54, 1.807) is 48.5 Å². The van der Waals surface area contributed by atoms with Crippen molar-refractivity contribution in [2.24, 2.45) is 20.5 Å². The van der Waals surface area contributed by atoms with Crippen molar-refractivity contribution in [1.29, 1.82) is 5.26 Å². The van der Waals surface area contributed by atoms with Crippen molar-refractivity contribution in [3.8, 4) is 6.07 Å². The molecule has 3 aromatic carbocycles. The molecule has 3 N–H and O–H groups in total. The van der Waals surface area contributed by atoms with E-state index in [1.165, 1.54) is 23.5 Å². The summed E-state index contributed by atoms with van der Waals surface area (Å²) >= 11 is 0.761. The lowest BCUT2D eigenvalue weighted by Crippen LogP contribution is -2.14. The van der Waals surface area contributed by atoms with E-state index in [2.05, 4.69) is 40.9 Å². The zero-order chi connectivity index (χ0) is 29.1. The molecule has 206 valence electrons. The zero-order valence-corrected chi connectivity index (χ0v) is 22.4. The van der Waals surface area contributed by atoms with E-state index in [9.17, 15) is 23.0 Å². The summed E-state index contributed by atoms with van der Waals surface area (Å²) < 4.78 is 39.8. The lowest BCUT2D eigenvalue weighted by molar-refractivity contribution is -0.432. The highest BCUT2D eigenvalue weighted by Crippen LogP contribution is 2.32. The Morgan fingerprint density at radius 3 is 2.41 bits per heavy atom. The number of aromatic amines is 1. The van der Waals surface area contributed by atoms with E-state index in [0.717, 1.165) is 18.1 Å². The number of hydrogen-bond donors (Lipinski definition) is 3. The Morgan fingerprint density at radius 2 is 1.71 bits per heavy atom. The molecule has 0 atom stereocenters. The van der Waals surface area contributed by atoms with Crippen molar-refractivity contribution < 1.29 is 27.6 Å². The first-order valence-electron chi connectivity index (χ1n) is 11.5. The van der Waals surface area contributed by atoms with Crippen LogP contribution in [0.1, 0.15) is 11.1 Å². The van der Waals surface area contributed by atoms with Crippen LogP contribution in [0, 0.1) is 18.3 Å².